The second kappa shape index (κ2) is 5.27. The summed E-state index contributed by atoms with van der Waals surface area (Å²) in [4.78, 5) is 16.2. The van der Waals surface area contributed by atoms with Crippen molar-refractivity contribution in [2.45, 2.75) is 20.4 Å². The molecule has 1 aromatic heterocycles. The highest BCUT2D eigenvalue weighted by Gasteiger charge is 2.29. The van der Waals surface area contributed by atoms with Gasteiger partial charge in [0.25, 0.3) is 0 Å². The van der Waals surface area contributed by atoms with Crippen LogP contribution in [0.2, 0.25) is 0 Å². The molecule has 17 heavy (non-hydrogen) atoms. The summed E-state index contributed by atoms with van der Waals surface area (Å²) in [6.45, 7) is 6.36. The highest BCUT2D eigenvalue weighted by atomic mass is 16.1. The average molecular weight is 233 g/mol. The molecule has 0 radical (unpaired) electrons. The third-order valence-electron chi connectivity index (χ3n) is 3.40. The van der Waals surface area contributed by atoms with Crippen LogP contribution in [0.4, 0.5) is 0 Å². The maximum atomic E-state index is 12.0. The molecular weight excluding hydrogens is 214 g/mol. The number of amides is 1. The van der Waals surface area contributed by atoms with Crippen LogP contribution in [0.3, 0.4) is 0 Å². The van der Waals surface area contributed by atoms with Crippen LogP contribution >= 0.6 is 0 Å². The molecule has 0 aromatic carbocycles. The maximum Gasteiger partial charge on any atom is 0.225 e. The Hall–Kier alpha value is -1.42. The summed E-state index contributed by atoms with van der Waals surface area (Å²) in [6, 6.07) is 3.91. The Morgan fingerprint density at radius 3 is 3.06 bits per heavy atom. The molecule has 2 heterocycles. The number of aryl methyl sites for hydroxylation is 1. The molecule has 1 aliphatic heterocycles. The zero-order valence-electron chi connectivity index (χ0n) is 10.4. The Bertz CT molecular complexity index is 405. The summed E-state index contributed by atoms with van der Waals surface area (Å²) >= 11 is 0. The van der Waals surface area contributed by atoms with Crippen LogP contribution in [-0.4, -0.2) is 24.0 Å². The molecule has 2 N–H and O–H groups in total. The molecule has 4 heteroatoms. The molecule has 0 unspecified atom stereocenters. The lowest BCUT2D eigenvalue weighted by Gasteiger charge is -2.14. The first-order valence-corrected chi connectivity index (χ1v) is 6.07. The van der Waals surface area contributed by atoms with E-state index in [1.165, 1.54) is 0 Å². The van der Waals surface area contributed by atoms with Gasteiger partial charge in [-0.05, 0) is 31.0 Å². The van der Waals surface area contributed by atoms with E-state index in [1.54, 1.807) is 6.20 Å². The number of nitrogens with one attached hydrogen (secondary N) is 2. The number of carbonyl (C=O) groups excluding carboxylic acids is 1. The predicted molar refractivity (Wildman–Crippen MR) is 66.3 cm³/mol. The van der Waals surface area contributed by atoms with E-state index in [1.807, 2.05) is 19.1 Å². The summed E-state index contributed by atoms with van der Waals surface area (Å²) in [5, 5.41) is 6.21. The van der Waals surface area contributed by atoms with E-state index < -0.39 is 0 Å². The monoisotopic (exact) mass is 233 g/mol. The Morgan fingerprint density at radius 2 is 2.41 bits per heavy atom. The Balaban J connectivity index is 1.90. The van der Waals surface area contributed by atoms with E-state index in [4.69, 9.17) is 0 Å². The smallest absolute Gasteiger partial charge is 0.225 e. The quantitative estimate of drug-likeness (QED) is 0.814. The normalized spacial score (nSPS) is 23.6. The number of aromatic nitrogens is 1. The van der Waals surface area contributed by atoms with E-state index >= 15 is 0 Å². The van der Waals surface area contributed by atoms with Crippen LogP contribution in [0.25, 0.3) is 0 Å². The lowest BCUT2D eigenvalue weighted by molar-refractivity contribution is -0.125. The van der Waals surface area contributed by atoms with Gasteiger partial charge in [-0.1, -0.05) is 13.0 Å². The van der Waals surface area contributed by atoms with Gasteiger partial charge in [-0.2, -0.15) is 0 Å². The Kier molecular flexibility index (Phi) is 3.74. The number of rotatable bonds is 3. The van der Waals surface area contributed by atoms with Crippen molar-refractivity contribution in [2.24, 2.45) is 11.8 Å². The molecule has 1 aliphatic rings. The van der Waals surface area contributed by atoms with Crippen LogP contribution in [-0.2, 0) is 11.3 Å². The minimum atomic E-state index is 0.0963. The van der Waals surface area contributed by atoms with Gasteiger partial charge in [0.05, 0.1) is 18.2 Å². The summed E-state index contributed by atoms with van der Waals surface area (Å²) in [6.07, 6.45) is 1.76. The molecule has 1 saturated heterocycles. The Morgan fingerprint density at radius 1 is 1.59 bits per heavy atom. The van der Waals surface area contributed by atoms with Crippen molar-refractivity contribution in [3.8, 4) is 0 Å². The van der Waals surface area contributed by atoms with Crippen LogP contribution in [0.15, 0.2) is 18.3 Å². The lowest BCUT2D eigenvalue weighted by Crippen LogP contribution is -2.34. The van der Waals surface area contributed by atoms with Gasteiger partial charge in [-0.3, -0.25) is 9.78 Å². The SMILES string of the molecule is Cc1cccnc1CNC(=O)[C@@H]1CNC[C@H]1C. The van der Waals surface area contributed by atoms with Gasteiger partial charge in [-0.25, -0.2) is 0 Å². The first-order valence-electron chi connectivity index (χ1n) is 6.07. The van der Waals surface area contributed by atoms with Gasteiger partial charge in [0.1, 0.15) is 0 Å². The van der Waals surface area contributed by atoms with Crippen LogP contribution in [0, 0.1) is 18.8 Å². The van der Waals surface area contributed by atoms with E-state index in [-0.39, 0.29) is 11.8 Å². The van der Waals surface area contributed by atoms with Crippen LogP contribution in [0.5, 0.6) is 0 Å². The molecule has 2 atom stereocenters. The highest BCUT2D eigenvalue weighted by Crippen LogP contribution is 2.15. The number of hydrogen-bond acceptors (Lipinski definition) is 3. The summed E-state index contributed by atoms with van der Waals surface area (Å²) in [7, 11) is 0. The third kappa shape index (κ3) is 2.82. The second-order valence-corrected chi connectivity index (χ2v) is 4.73. The first-order chi connectivity index (χ1) is 8.18. The molecule has 0 saturated carbocycles. The molecule has 0 bridgehead atoms. The fraction of sp³-hybridized carbons (Fsp3) is 0.538. The Labute approximate surface area is 102 Å². The van der Waals surface area contributed by atoms with Crippen molar-refractivity contribution >= 4 is 5.91 Å². The number of nitrogens with zero attached hydrogens (tertiary/aromatic N) is 1. The molecular formula is C13H19N3O. The van der Waals surface area contributed by atoms with Crippen LogP contribution < -0.4 is 10.6 Å². The van der Waals surface area contributed by atoms with Gasteiger partial charge >= 0.3 is 0 Å². The van der Waals surface area contributed by atoms with Crippen molar-refractivity contribution in [3.63, 3.8) is 0 Å². The molecule has 1 fully saturated rings. The van der Waals surface area contributed by atoms with E-state index in [9.17, 15) is 4.79 Å². The number of pyridine rings is 1. The minimum Gasteiger partial charge on any atom is -0.350 e. The fourth-order valence-corrected chi connectivity index (χ4v) is 2.17. The molecule has 1 aromatic rings. The van der Waals surface area contributed by atoms with Gasteiger partial charge in [-0.15, -0.1) is 0 Å². The van der Waals surface area contributed by atoms with Gasteiger partial charge in [0.2, 0.25) is 5.91 Å². The van der Waals surface area contributed by atoms with Crippen molar-refractivity contribution < 1.29 is 4.79 Å². The zero-order chi connectivity index (χ0) is 12.3. The molecule has 4 nitrogen and oxygen atoms in total. The third-order valence-corrected chi connectivity index (χ3v) is 3.40. The molecule has 0 aliphatic carbocycles. The van der Waals surface area contributed by atoms with E-state index in [2.05, 4.69) is 22.5 Å². The fourth-order valence-electron chi connectivity index (χ4n) is 2.17. The molecule has 0 spiro atoms. The van der Waals surface area contributed by atoms with Crippen molar-refractivity contribution in [3.05, 3.63) is 29.6 Å². The van der Waals surface area contributed by atoms with Gasteiger partial charge in [0.15, 0.2) is 0 Å². The maximum absolute atomic E-state index is 12.0. The molecule has 92 valence electrons. The lowest BCUT2D eigenvalue weighted by atomic mass is 9.97. The van der Waals surface area contributed by atoms with Crippen molar-refractivity contribution in [1.82, 2.24) is 15.6 Å². The van der Waals surface area contributed by atoms with E-state index in [0.717, 1.165) is 24.3 Å². The molecule has 1 amide bonds. The molecule has 2 rings (SSSR count). The van der Waals surface area contributed by atoms with Crippen molar-refractivity contribution in [1.29, 1.82) is 0 Å². The minimum absolute atomic E-state index is 0.0963. The largest absolute Gasteiger partial charge is 0.350 e. The predicted octanol–water partition coefficient (Wildman–Crippen LogP) is 0.862. The number of hydrogen-bond donors (Lipinski definition) is 2. The summed E-state index contributed by atoms with van der Waals surface area (Å²) < 4.78 is 0. The first kappa shape index (κ1) is 12.0. The van der Waals surface area contributed by atoms with Gasteiger partial charge in [0, 0.05) is 12.7 Å². The van der Waals surface area contributed by atoms with Crippen LogP contribution in [0.1, 0.15) is 18.2 Å². The highest BCUT2D eigenvalue weighted by molar-refractivity contribution is 5.79. The topological polar surface area (TPSA) is 54.0 Å². The van der Waals surface area contributed by atoms with E-state index in [0.29, 0.717) is 12.5 Å². The second-order valence-electron chi connectivity index (χ2n) is 4.73. The van der Waals surface area contributed by atoms with Gasteiger partial charge < -0.3 is 10.6 Å². The van der Waals surface area contributed by atoms with Crippen molar-refractivity contribution in [2.75, 3.05) is 13.1 Å². The number of carbonyl (C=O) groups is 1. The zero-order valence-corrected chi connectivity index (χ0v) is 10.4. The standard InChI is InChI=1S/C13H19N3O/c1-9-4-3-5-15-12(9)8-16-13(17)11-7-14-6-10(11)2/h3-5,10-11,14H,6-8H2,1-2H3,(H,16,17)/t10-,11-/m1/s1. The summed E-state index contributed by atoms with van der Waals surface area (Å²) in [5.74, 6) is 0.645. The summed E-state index contributed by atoms with van der Waals surface area (Å²) in [5.41, 5.74) is 2.06. The average Bonchev–Trinajstić information content (AvgIpc) is 2.74.